The third kappa shape index (κ3) is 3.38. The van der Waals surface area contributed by atoms with E-state index in [2.05, 4.69) is 15.3 Å². The molecule has 1 amide bonds. The zero-order chi connectivity index (χ0) is 12.8. The fraction of sp³-hybridized carbons (Fsp3) is 0.214. The Labute approximate surface area is 106 Å². The number of aromatic nitrogens is 2. The van der Waals surface area contributed by atoms with E-state index in [1.807, 2.05) is 37.3 Å². The van der Waals surface area contributed by atoms with Crippen molar-refractivity contribution in [3.63, 3.8) is 0 Å². The van der Waals surface area contributed by atoms with Crippen molar-refractivity contribution in [2.24, 2.45) is 0 Å². The molecule has 4 nitrogen and oxygen atoms in total. The predicted molar refractivity (Wildman–Crippen MR) is 69.1 cm³/mol. The number of carbonyl (C=O) groups excluding carboxylic acids is 1. The van der Waals surface area contributed by atoms with Crippen LogP contribution in [0, 0.1) is 0 Å². The van der Waals surface area contributed by atoms with Gasteiger partial charge in [0, 0.05) is 18.4 Å². The maximum Gasteiger partial charge on any atom is 0.271 e. The maximum atomic E-state index is 11.8. The molecule has 0 aliphatic rings. The molecule has 4 heteroatoms. The highest BCUT2D eigenvalue weighted by atomic mass is 16.1. The molecule has 18 heavy (non-hydrogen) atoms. The van der Waals surface area contributed by atoms with E-state index >= 15 is 0 Å². The SMILES string of the molecule is C[C@H](Cc1ccccc1)NC(=O)c1cnccn1. The summed E-state index contributed by atoms with van der Waals surface area (Å²) in [5.74, 6) is -0.188. The molecule has 1 N–H and O–H groups in total. The summed E-state index contributed by atoms with van der Waals surface area (Å²) < 4.78 is 0. The summed E-state index contributed by atoms with van der Waals surface area (Å²) in [6, 6.07) is 10.1. The van der Waals surface area contributed by atoms with Crippen LogP contribution in [0.4, 0.5) is 0 Å². The molecule has 0 unspecified atom stereocenters. The predicted octanol–water partition coefficient (Wildman–Crippen LogP) is 1.84. The van der Waals surface area contributed by atoms with E-state index in [4.69, 9.17) is 0 Å². The van der Waals surface area contributed by atoms with Gasteiger partial charge in [0.1, 0.15) is 5.69 Å². The first kappa shape index (κ1) is 12.2. The first-order valence-corrected chi connectivity index (χ1v) is 5.86. The van der Waals surface area contributed by atoms with Crippen molar-refractivity contribution >= 4 is 5.91 Å². The first-order valence-electron chi connectivity index (χ1n) is 5.86. The summed E-state index contributed by atoms with van der Waals surface area (Å²) in [7, 11) is 0. The average Bonchev–Trinajstić information content (AvgIpc) is 2.40. The molecule has 0 fully saturated rings. The molecule has 2 rings (SSSR count). The summed E-state index contributed by atoms with van der Waals surface area (Å²) in [5.41, 5.74) is 1.54. The number of benzene rings is 1. The lowest BCUT2D eigenvalue weighted by atomic mass is 10.1. The van der Waals surface area contributed by atoms with E-state index in [9.17, 15) is 4.79 Å². The van der Waals surface area contributed by atoms with Gasteiger partial charge in [0.2, 0.25) is 0 Å². The van der Waals surface area contributed by atoms with Gasteiger partial charge in [-0.1, -0.05) is 30.3 Å². The molecule has 0 radical (unpaired) electrons. The zero-order valence-electron chi connectivity index (χ0n) is 10.2. The topological polar surface area (TPSA) is 54.9 Å². The van der Waals surface area contributed by atoms with Gasteiger partial charge in [-0.2, -0.15) is 0 Å². The smallest absolute Gasteiger partial charge is 0.271 e. The molecular weight excluding hydrogens is 226 g/mol. The largest absolute Gasteiger partial charge is 0.348 e. The Morgan fingerprint density at radius 2 is 2.06 bits per heavy atom. The van der Waals surface area contributed by atoms with Crippen LogP contribution in [0.3, 0.4) is 0 Å². The van der Waals surface area contributed by atoms with Crippen molar-refractivity contribution < 1.29 is 4.79 Å². The van der Waals surface area contributed by atoms with Crippen LogP contribution in [0.5, 0.6) is 0 Å². The van der Waals surface area contributed by atoms with E-state index in [0.29, 0.717) is 5.69 Å². The number of carbonyl (C=O) groups is 1. The number of hydrogen-bond donors (Lipinski definition) is 1. The Balaban J connectivity index is 1.92. The van der Waals surface area contributed by atoms with Gasteiger partial charge < -0.3 is 5.32 Å². The summed E-state index contributed by atoms with van der Waals surface area (Å²) in [4.78, 5) is 19.7. The van der Waals surface area contributed by atoms with Crippen molar-refractivity contribution in [1.82, 2.24) is 15.3 Å². The lowest BCUT2D eigenvalue weighted by Crippen LogP contribution is -2.34. The monoisotopic (exact) mass is 241 g/mol. The van der Waals surface area contributed by atoms with Crippen molar-refractivity contribution in [3.05, 3.63) is 60.2 Å². The van der Waals surface area contributed by atoms with Gasteiger partial charge in [0.25, 0.3) is 5.91 Å². The van der Waals surface area contributed by atoms with Crippen LogP contribution in [0.25, 0.3) is 0 Å². The number of nitrogens with zero attached hydrogens (tertiary/aromatic N) is 2. The lowest BCUT2D eigenvalue weighted by molar-refractivity contribution is 0.0934. The molecule has 0 aliphatic carbocycles. The van der Waals surface area contributed by atoms with E-state index < -0.39 is 0 Å². The highest BCUT2D eigenvalue weighted by molar-refractivity contribution is 5.92. The van der Waals surface area contributed by atoms with Crippen molar-refractivity contribution in [2.75, 3.05) is 0 Å². The van der Waals surface area contributed by atoms with Gasteiger partial charge in [0.05, 0.1) is 6.20 Å². The molecule has 2 aromatic rings. The van der Waals surface area contributed by atoms with Crippen molar-refractivity contribution in [3.8, 4) is 0 Å². The second kappa shape index (κ2) is 5.91. The van der Waals surface area contributed by atoms with Gasteiger partial charge in [-0.05, 0) is 18.9 Å². The highest BCUT2D eigenvalue weighted by Gasteiger charge is 2.11. The maximum absolute atomic E-state index is 11.8. The van der Waals surface area contributed by atoms with E-state index in [0.717, 1.165) is 6.42 Å². The van der Waals surface area contributed by atoms with Gasteiger partial charge in [0.15, 0.2) is 0 Å². The van der Waals surface area contributed by atoms with Crippen LogP contribution in [0.15, 0.2) is 48.9 Å². The molecule has 1 heterocycles. The first-order chi connectivity index (χ1) is 8.75. The van der Waals surface area contributed by atoms with Crippen LogP contribution in [0.1, 0.15) is 23.0 Å². The molecule has 1 atom stereocenters. The number of amides is 1. The summed E-state index contributed by atoms with van der Waals surface area (Å²) in [6.45, 7) is 1.97. The number of hydrogen-bond acceptors (Lipinski definition) is 3. The molecule has 0 spiro atoms. The van der Waals surface area contributed by atoms with Gasteiger partial charge in [-0.15, -0.1) is 0 Å². The Morgan fingerprint density at radius 3 is 2.72 bits per heavy atom. The number of rotatable bonds is 4. The summed E-state index contributed by atoms with van der Waals surface area (Å²) in [6.07, 6.45) is 5.32. The lowest BCUT2D eigenvalue weighted by Gasteiger charge is -2.13. The second-order valence-electron chi connectivity index (χ2n) is 4.15. The summed E-state index contributed by atoms with van der Waals surface area (Å²) in [5, 5.41) is 2.90. The zero-order valence-corrected chi connectivity index (χ0v) is 10.2. The van der Waals surface area contributed by atoms with Crippen LogP contribution >= 0.6 is 0 Å². The van der Waals surface area contributed by atoms with Crippen LogP contribution in [0.2, 0.25) is 0 Å². The minimum absolute atomic E-state index is 0.0573. The third-order valence-electron chi connectivity index (χ3n) is 2.56. The molecular formula is C14H15N3O. The van der Waals surface area contributed by atoms with Gasteiger partial charge >= 0.3 is 0 Å². The van der Waals surface area contributed by atoms with Gasteiger partial charge in [-0.3, -0.25) is 9.78 Å². The Bertz CT molecular complexity index is 499. The number of nitrogens with one attached hydrogen (secondary N) is 1. The Morgan fingerprint density at radius 1 is 1.28 bits per heavy atom. The fourth-order valence-corrected chi connectivity index (χ4v) is 1.73. The molecule has 0 saturated carbocycles. The third-order valence-corrected chi connectivity index (χ3v) is 2.56. The molecule has 1 aromatic carbocycles. The molecule has 0 saturated heterocycles. The standard InChI is InChI=1S/C14H15N3O/c1-11(9-12-5-3-2-4-6-12)17-14(18)13-10-15-7-8-16-13/h2-8,10-11H,9H2,1H3,(H,17,18)/t11-/m1/s1. The van der Waals surface area contributed by atoms with E-state index in [1.54, 1.807) is 6.20 Å². The Hall–Kier alpha value is -2.23. The Kier molecular flexibility index (Phi) is 4.02. The minimum atomic E-state index is -0.188. The van der Waals surface area contributed by atoms with E-state index in [-0.39, 0.29) is 11.9 Å². The summed E-state index contributed by atoms with van der Waals surface area (Å²) >= 11 is 0. The quantitative estimate of drug-likeness (QED) is 0.888. The van der Waals surface area contributed by atoms with Crippen molar-refractivity contribution in [2.45, 2.75) is 19.4 Å². The van der Waals surface area contributed by atoms with Crippen LogP contribution in [-0.2, 0) is 6.42 Å². The second-order valence-corrected chi connectivity index (χ2v) is 4.15. The molecule has 1 aromatic heterocycles. The molecule has 92 valence electrons. The average molecular weight is 241 g/mol. The van der Waals surface area contributed by atoms with Gasteiger partial charge in [-0.25, -0.2) is 4.98 Å². The molecule has 0 bridgehead atoms. The van der Waals surface area contributed by atoms with Crippen LogP contribution in [-0.4, -0.2) is 21.9 Å². The van der Waals surface area contributed by atoms with E-state index in [1.165, 1.54) is 18.0 Å². The highest BCUT2D eigenvalue weighted by Crippen LogP contribution is 2.03. The fourth-order valence-electron chi connectivity index (χ4n) is 1.73. The minimum Gasteiger partial charge on any atom is -0.348 e. The van der Waals surface area contributed by atoms with Crippen molar-refractivity contribution in [1.29, 1.82) is 0 Å². The normalized spacial score (nSPS) is 11.8. The van der Waals surface area contributed by atoms with Crippen LogP contribution < -0.4 is 5.32 Å². The molecule has 0 aliphatic heterocycles.